The van der Waals surface area contributed by atoms with Crippen LogP contribution in [-0.4, -0.2) is 36.2 Å². The first-order valence-corrected chi connectivity index (χ1v) is 5.75. The molecular formula is C13H17N3O2. The van der Waals surface area contributed by atoms with Crippen LogP contribution in [0.3, 0.4) is 0 Å². The molecule has 18 heavy (non-hydrogen) atoms. The van der Waals surface area contributed by atoms with E-state index in [0.717, 1.165) is 21.5 Å². The van der Waals surface area contributed by atoms with E-state index in [-0.39, 0.29) is 5.91 Å². The van der Waals surface area contributed by atoms with E-state index >= 15 is 0 Å². The predicted molar refractivity (Wildman–Crippen MR) is 69.8 cm³/mol. The van der Waals surface area contributed by atoms with Crippen LogP contribution in [0.15, 0.2) is 30.5 Å². The number of likely N-dealkylation sites (N-methyl/N-ethyl adjacent to an activating group) is 1. The molecule has 96 valence electrons. The number of hydrogen-bond acceptors (Lipinski definition) is 3. The van der Waals surface area contributed by atoms with Crippen molar-refractivity contribution in [2.24, 2.45) is 5.73 Å². The van der Waals surface area contributed by atoms with E-state index in [1.165, 1.54) is 7.11 Å². The normalized spacial score (nSPS) is 12.6. The predicted octanol–water partition coefficient (Wildman–Crippen LogP) is 1.06. The molecule has 5 heteroatoms. The Kier molecular flexibility index (Phi) is 3.64. The van der Waals surface area contributed by atoms with E-state index in [0.29, 0.717) is 6.42 Å². The molecule has 0 aliphatic rings. The maximum atomic E-state index is 11.8. The summed E-state index contributed by atoms with van der Waals surface area (Å²) in [6.45, 7) is 0. The highest BCUT2D eigenvalue weighted by molar-refractivity contribution is 5.85. The molecule has 1 aromatic carbocycles. The number of nitrogens with two attached hydrogens (primary N) is 1. The standard InChI is InChI=1S/C13H17N3O2/c1-16(18-2)13(17)11(14)7-9-8-15-12-6-4-3-5-10(9)12/h3-6,8,11,15H,7,14H2,1-2H3/t11-/m0/s1. The van der Waals surface area contributed by atoms with Gasteiger partial charge < -0.3 is 10.7 Å². The van der Waals surface area contributed by atoms with Crippen molar-refractivity contribution in [1.82, 2.24) is 10.0 Å². The van der Waals surface area contributed by atoms with Crippen LogP contribution in [0.2, 0.25) is 0 Å². The first-order valence-electron chi connectivity index (χ1n) is 5.75. The van der Waals surface area contributed by atoms with Crippen LogP contribution in [0.1, 0.15) is 5.56 Å². The Morgan fingerprint density at radius 3 is 2.94 bits per heavy atom. The summed E-state index contributed by atoms with van der Waals surface area (Å²) in [5.41, 5.74) is 7.98. The van der Waals surface area contributed by atoms with E-state index in [1.54, 1.807) is 7.05 Å². The molecule has 1 aromatic heterocycles. The molecule has 0 unspecified atom stereocenters. The summed E-state index contributed by atoms with van der Waals surface area (Å²) in [4.78, 5) is 19.8. The van der Waals surface area contributed by atoms with Crippen molar-refractivity contribution >= 4 is 16.8 Å². The highest BCUT2D eigenvalue weighted by atomic mass is 16.7. The first-order chi connectivity index (χ1) is 8.63. The van der Waals surface area contributed by atoms with Gasteiger partial charge in [0, 0.05) is 24.1 Å². The Morgan fingerprint density at radius 1 is 1.50 bits per heavy atom. The minimum atomic E-state index is -0.603. The van der Waals surface area contributed by atoms with Crippen LogP contribution in [0.4, 0.5) is 0 Å². The number of carbonyl (C=O) groups excluding carboxylic acids is 1. The van der Waals surface area contributed by atoms with Gasteiger partial charge in [0.2, 0.25) is 0 Å². The number of hydrogen-bond donors (Lipinski definition) is 2. The Hall–Kier alpha value is -1.85. The summed E-state index contributed by atoms with van der Waals surface area (Å²) >= 11 is 0. The zero-order chi connectivity index (χ0) is 13.1. The molecule has 0 saturated carbocycles. The van der Waals surface area contributed by atoms with Crippen molar-refractivity contribution in [3.8, 4) is 0 Å². The summed E-state index contributed by atoms with van der Waals surface area (Å²) in [6.07, 6.45) is 2.38. The van der Waals surface area contributed by atoms with Crippen LogP contribution in [0, 0.1) is 0 Å². The van der Waals surface area contributed by atoms with Crippen molar-refractivity contribution in [2.75, 3.05) is 14.2 Å². The fourth-order valence-corrected chi connectivity index (χ4v) is 1.95. The number of nitrogens with zero attached hydrogens (tertiary/aromatic N) is 1. The average molecular weight is 247 g/mol. The number of aromatic nitrogens is 1. The number of benzene rings is 1. The van der Waals surface area contributed by atoms with Gasteiger partial charge in [0.15, 0.2) is 0 Å². The third kappa shape index (κ3) is 2.37. The highest BCUT2D eigenvalue weighted by Gasteiger charge is 2.19. The monoisotopic (exact) mass is 247 g/mol. The quantitative estimate of drug-likeness (QED) is 0.793. The van der Waals surface area contributed by atoms with Crippen LogP contribution in [0.5, 0.6) is 0 Å². The molecule has 0 fully saturated rings. The number of rotatable bonds is 4. The SMILES string of the molecule is CON(C)C(=O)[C@@H](N)Cc1c[nH]c2ccccc12. The van der Waals surface area contributed by atoms with Gasteiger partial charge in [-0.05, 0) is 18.1 Å². The van der Waals surface area contributed by atoms with Crippen LogP contribution in [-0.2, 0) is 16.1 Å². The summed E-state index contributed by atoms with van der Waals surface area (Å²) in [7, 11) is 2.99. The van der Waals surface area contributed by atoms with Crippen LogP contribution >= 0.6 is 0 Å². The minimum Gasteiger partial charge on any atom is -0.361 e. The maximum absolute atomic E-state index is 11.8. The van der Waals surface area contributed by atoms with Gasteiger partial charge in [0.1, 0.15) is 0 Å². The molecule has 1 atom stereocenters. The summed E-state index contributed by atoms with van der Waals surface area (Å²) in [6, 6.07) is 7.33. The van der Waals surface area contributed by atoms with Crippen LogP contribution < -0.4 is 5.73 Å². The van der Waals surface area contributed by atoms with E-state index in [4.69, 9.17) is 10.6 Å². The molecule has 0 spiro atoms. The number of para-hydroxylation sites is 1. The van der Waals surface area contributed by atoms with Gasteiger partial charge in [-0.25, -0.2) is 5.06 Å². The molecule has 0 saturated heterocycles. The summed E-state index contributed by atoms with van der Waals surface area (Å²) in [5.74, 6) is -0.234. The smallest absolute Gasteiger partial charge is 0.263 e. The fourth-order valence-electron chi connectivity index (χ4n) is 1.95. The van der Waals surface area contributed by atoms with Crippen molar-refractivity contribution < 1.29 is 9.63 Å². The Labute approximate surface area is 105 Å². The second-order valence-corrected chi connectivity index (χ2v) is 4.19. The van der Waals surface area contributed by atoms with E-state index in [2.05, 4.69) is 4.98 Å². The third-order valence-corrected chi connectivity index (χ3v) is 3.02. The molecule has 5 nitrogen and oxygen atoms in total. The van der Waals surface area contributed by atoms with E-state index in [9.17, 15) is 4.79 Å². The number of nitrogens with one attached hydrogen (secondary N) is 1. The lowest BCUT2D eigenvalue weighted by Gasteiger charge is -2.18. The maximum Gasteiger partial charge on any atom is 0.263 e. The molecular weight excluding hydrogens is 230 g/mol. The molecule has 3 N–H and O–H groups in total. The molecule has 1 heterocycles. The van der Waals surface area contributed by atoms with Crippen LogP contribution in [0.25, 0.3) is 10.9 Å². The minimum absolute atomic E-state index is 0.234. The van der Waals surface area contributed by atoms with Gasteiger partial charge in [0.25, 0.3) is 5.91 Å². The Balaban J connectivity index is 2.16. The second-order valence-electron chi connectivity index (χ2n) is 4.19. The molecule has 2 rings (SSSR count). The molecule has 0 aliphatic carbocycles. The van der Waals surface area contributed by atoms with Crippen molar-refractivity contribution in [1.29, 1.82) is 0 Å². The zero-order valence-corrected chi connectivity index (χ0v) is 10.5. The lowest BCUT2D eigenvalue weighted by molar-refractivity contribution is -0.170. The number of hydroxylamine groups is 2. The topological polar surface area (TPSA) is 71.3 Å². The highest BCUT2D eigenvalue weighted by Crippen LogP contribution is 2.18. The Bertz CT molecular complexity index is 550. The number of amides is 1. The summed E-state index contributed by atoms with van der Waals surface area (Å²) in [5, 5.41) is 2.25. The number of H-pyrrole nitrogens is 1. The first kappa shape index (κ1) is 12.6. The molecule has 0 bridgehead atoms. The average Bonchev–Trinajstić information content (AvgIpc) is 2.80. The van der Waals surface area contributed by atoms with Crippen molar-refractivity contribution in [3.05, 3.63) is 36.0 Å². The molecule has 0 aliphatic heterocycles. The van der Waals surface area contributed by atoms with Gasteiger partial charge >= 0.3 is 0 Å². The second kappa shape index (κ2) is 5.20. The van der Waals surface area contributed by atoms with Crippen molar-refractivity contribution in [2.45, 2.75) is 12.5 Å². The van der Waals surface area contributed by atoms with Gasteiger partial charge in [-0.15, -0.1) is 0 Å². The molecule has 1 amide bonds. The lowest BCUT2D eigenvalue weighted by Crippen LogP contribution is -2.42. The molecule has 2 aromatic rings. The zero-order valence-electron chi connectivity index (χ0n) is 10.5. The third-order valence-electron chi connectivity index (χ3n) is 3.02. The number of fused-ring (bicyclic) bond motifs is 1. The number of aromatic amines is 1. The largest absolute Gasteiger partial charge is 0.361 e. The number of carbonyl (C=O) groups is 1. The van der Waals surface area contributed by atoms with Gasteiger partial charge in [0.05, 0.1) is 13.2 Å². The Morgan fingerprint density at radius 2 is 2.22 bits per heavy atom. The van der Waals surface area contributed by atoms with Gasteiger partial charge in [-0.2, -0.15) is 0 Å². The fraction of sp³-hybridized carbons (Fsp3) is 0.308. The van der Waals surface area contributed by atoms with E-state index < -0.39 is 6.04 Å². The lowest BCUT2D eigenvalue weighted by atomic mass is 10.1. The van der Waals surface area contributed by atoms with Gasteiger partial charge in [-0.1, -0.05) is 18.2 Å². The van der Waals surface area contributed by atoms with E-state index in [1.807, 2.05) is 30.5 Å². The summed E-state index contributed by atoms with van der Waals surface area (Å²) < 4.78 is 0. The van der Waals surface area contributed by atoms with Crippen molar-refractivity contribution in [3.63, 3.8) is 0 Å². The van der Waals surface area contributed by atoms with Gasteiger partial charge in [-0.3, -0.25) is 9.63 Å². The molecule has 0 radical (unpaired) electrons.